The smallest absolute Gasteiger partial charge is 0.360 e. The molecule has 3 aromatic heterocycles. The van der Waals surface area contributed by atoms with Gasteiger partial charge in [-0.2, -0.15) is 18.3 Å². The first-order valence-corrected chi connectivity index (χ1v) is 8.59. The topological polar surface area (TPSA) is 46.5 Å². The number of H-pyrrole nitrogens is 1. The Morgan fingerprint density at radius 1 is 1.11 bits per heavy atom. The number of hydrogen-bond donors (Lipinski definition) is 1. The number of aryl methyl sites for hydroxylation is 2. The number of nitrogens with zero attached hydrogens (tertiary/aromatic N) is 3. The fourth-order valence-corrected chi connectivity index (χ4v) is 3.18. The molecule has 0 radical (unpaired) electrons. The van der Waals surface area contributed by atoms with Gasteiger partial charge in [0.2, 0.25) is 0 Å². The Morgan fingerprint density at radius 3 is 2.63 bits per heavy atom. The monoisotopic (exact) mass is 370 g/mol. The largest absolute Gasteiger partial charge is 0.433 e. The summed E-state index contributed by atoms with van der Waals surface area (Å²) in [5.41, 5.74) is 2.97. The summed E-state index contributed by atoms with van der Waals surface area (Å²) in [7, 11) is 0. The van der Waals surface area contributed by atoms with Crippen molar-refractivity contribution in [3.8, 4) is 17.1 Å². The van der Waals surface area contributed by atoms with Crippen LogP contribution in [0.3, 0.4) is 0 Å². The summed E-state index contributed by atoms with van der Waals surface area (Å²) in [5, 5.41) is 5.15. The van der Waals surface area contributed by atoms with Gasteiger partial charge < -0.3 is 4.98 Å². The van der Waals surface area contributed by atoms with Crippen LogP contribution in [0.15, 0.2) is 48.7 Å². The lowest BCUT2D eigenvalue weighted by molar-refractivity contribution is -0.142. The van der Waals surface area contributed by atoms with Gasteiger partial charge in [0.05, 0.1) is 16.9 Å². The van der Waals surface area contributed by atoms with Gasteiger partial charge in [-0.05, 0) is 37.1 Å². The van der Waals surface area contributed by atoms with E-state index in [-0.39, 0.29) is 5.82 Å². The van der Waals surface area contributed by atoms with E-state index in [1.165, 1.54) is 6.07 Å². The molecular formula is C20H17F3N4. The summed E-state index contributed by atoms with van der Waals surface area (Å²) in [6.45, 7) is 3.77. The molecule has 1 aromatic carbocycles. The second kappa shape index (κ2) is 6.26. The van der Waals surface area contributed by atoms with Crippen molar-refractivity contribution in [1.29, 1.82) is 0 Å². The van der Waals surface area contributed by atoms with Crippen LogP contribution < -0.4 is 0 Å². The summed E-state index contributed by atoms with van der Waals surface area (Å²) < 4.78 is 41.2. The highest BCUT2D eigenvalue weighted by molar-refractivity contribution is 5.95. The summed E-state index contributed by atoms with van der Waals surface area (Å²) in [6, 6.07) is 11.9. The number of para-hydroxylation sites is 1. The molecule has 4 rings (SSSR count). The van der Waals surface area contributed by atoms with Crippen LogP contribution >= 0.6 is 0 Å². The van der Waals surface area contributed by atoms with Crippen LogP contribution in [-0.2, 0) is 12.6 Å². The van der Waals surface area contributed by atoms with Crippen molar-refractivity contribution in [1.82, 2.24) is 19.7 Å². The standard InChI is InChI=1S/C20H17F3N4/c1-3-13-10-17(20(21,22)23)27(26-13)18-9-5-8-16(25-18)15-7-4-6-14-12(2)11-24-19(14)15/h4-11,24H,3H2,1-2H3. The zero-order chi connectivity index (χ0) is 19.2. The van der Waals surface area contributed by atoms with Gasteiger partial charge in [0.1, 0.15) is 5.69 Å². The number of halogens is 3. The van der Waals surface area contributed by atoms with Gasteiger partial charge in [0, 0.05) is 17.1 Å². The van der Waals surface area contributed by atoms with Gasteiger partial charge in [-0.15, -0.1) is 0 Å². The molecule has 4 nitrogen and oxygen atoms in total. The molecule has 0 bridgehead atoms. The number of aromatic nitrogens is 4. The van der Waals surface area contributed by atoms with Crippen molar-refractivity contribution in [2.75, 3.05) is 0 Å². The molecule has 0 spiro atoms. The molecule has 0 unspecified atom stereocenters. The zero-order valence-corrected chi connectivity index (χ0v) is 14.8. The average Bonchev–Trinajstić information content (AvgIpc) is 3.26. The van der Waals surface area contributed by atoms with Crippen molar-refractivity contribution in [2.45, 2.75) is 26.4 Å². The van der Waals surface area contributed by atoms with Crippen LogP contribution in [0.1, 0.15) is 23.9 Å². The summed E-state index contributed by atoms with van der Waals surface area (Å²) >= 11 is 0. The third kappa shape index (κ3) is 2.99. The van der Waals surface area contributed by atoms with E-state index in [0.29, 0.717) is 17.8 Å². The highest BCUT2D eigenvalue weighted by atomic mass is 19.4. The lowest BCUT2D eigenvalue weighted by Crippen LogP contribution is -2.14. The summed E-state index contributed by atoms with van der Waals surface area (Å²) in [5.74, 6) is 0.139. The Morgan fingerprint density at radius 2 is 1.89 bits per heavy atom. The molecule has 4 aromatic rings. The van der Waals surface area contributed by atoms with Gasteiger partial charge in [0.25, 0.3) is 0 Å². The van der Waals surface area contributed by atoms with E-state index >= 15 is 0 Å². The molecule has 0 aliphatic rings. The second-order valence-corrected chi connectivity index (χ2v) is 6.36. The van der Waals surface area contributed by atoms with Crippen molar-refractivity contribution in [3.05, 3.63) is 65.6 Å². The van der Waals surface area contributed by atoms with Gasteiger partial charge in [-0.1, -0.05) is 31.2 Å². The van der Waals surface area contributed by atoms with Gasteiger partial charge >= 0.3 is 6.18 Å². The normalized spacial score (nSPS) is 12.0. The molecule has 0 aliphatic carbocycles. The number of alkyl halides is 3. The maximum atomic E-state index is 13.4. The molecular weight excluding hydrogens is 353 g/mol. The molecule has 0 aliphatic heterocycles. The minimum absolute atomic E-state index is 0.139. The maximum Gasteiger partial charge on any atom is 0.433 e. The van der Waals surface area contributed by atoms with Crippen molar-refractivity contribution in [2.24, 2.45) is 0 Å². The number of fused-ring (bicyclic) bond motifs is 1. The van der Waals surface area contributed by atoms with E-state index < -0.39 is 11.9 Å². The van der Waals surface area contributed by atoms with Crippen LogP contribution in [0.5, 0.6) is 0 Å². The Hall–Kier alpha value is -3.09. The van der Waals surface area contributed by atoms with Gasteiger partial charge in [-0.3, -0.25) is 0 Å². The molecule has 0 amide bonds. The number of pyridine rings is 1. The fourth-order valence-electron chi connectivity index (χ4n) is 3.18. The first-order valence-electron chi connectivity index (χ1n) is 8.59. The predicted octanol–water partition coefficient (Wildman–Crippen LogP) is 5.31. The number of aromatic amines is 1. The predicted molar refractivity (Wildman–Crippen MR) is 97.8 cm³/mol. The van der Waals surface area contributed by atoms with E-state index in [1.54, 1.807) is 19.1 Å². The van der Waals surface area contributed by atoms with Crippen molar-refractivity contribution >= 4 is 10.9 Å². The molecule has 27 heavy (non-hydrogen) atoms. The lowest BCUT2D eigenvalue weighted by Gasteiger charge is -2.11. The SMILES string of the molecule is CCc1cc(C(F)(F)F)n(-c2cccc(-c3cccc4c(C)c[nH]c34)n2)n1. The highest BCUT2D eigenvalue weighted by Gasteiger charge is 2.36. The number of hydrogen-bond acceptors (Lipinski definition) is 2. The summed E-state index contributed by atoms with van der Waals surface area (Å²) in [6.07, 6.45) is -2.19. The number of benzene rings is 1. The Kier molecular flexibility index (Phi) is 4.02. The molecule has 3 heterocycles. The van der Waals surface area contributed by atoms with Crippen molar-refractivity contribution in [3.63, 3.8) is 0 Å². The molecule has 0 atom stereocenters. The van der Waals surface area contributed by atoms with Crippen LogP contribution in [0.4, 0.5) is 13.2 Å². The minimum atomic E-state index is -4.51. The fraction of sp³-hybridized carbons (Fsp3) is 0.200. The van der Waals surface area contributed by atoms with Crippen LogP contribution in [0, 0.1) is 6.92 Å². The van der Waals surface area contributed by atoms with Crippen molar-refractivity contribution < 1.29 is 13.2 Å². The van der Waals surface area contributed by atoms with E-state index in [0.717, 1.165) is 32.8 Å². The van der Waals surface area contributed by atoms with Crippen LogP contribution in [-0.4, -0.2) is 19.7 Å². The van der Waals surface area contributed by atoms with E-state index in [2.05, 4.69) is 15.1 Å². The minimum Gasteiger partial charge on any atom is -0.360 e. The quantitative estimate of drug-likeness (QED) is 0.532. The van der Waals surface area contributed by atoms with Gasteiger partial charge in [-0.25, -0.2) is 9.67 Å². The molecule has 0 saturated heterocycles. The zero-order valence-electron chi connectivity index (χ0n) is 14.8. The molecule has 0 saturated carbocycles. The van der Waals surface area contributed by atoms with E-state index in [9.17, 15) is 13.2 Å². The lowest BCUT2D eigenvalue weighted by atomic mass is 10.1. The second-order valence-electron chi connectivity index (χ2n) is 6.36. The third-order valence-corrected chi connectivity index (χ3v) is 4.56. The number of rotatable bonds is 3. The van der Waals surface area contributed by atoms with Crippen LogP contribution in [0.25, 0.3) is 28.0 Å². The Labute approximate surface area is 153 Å². The molecule has 0 fully saturated rings. The average molecular weight is 370 g/mol. The van der Waals surface area contributed by atoms with E-state index in [1.807, 2.05) is 31.3 Å². The Bertz CT molecular complexity index is 1120. The Balaban J connectivity index is 1.88. The first kappa shape index (κ1) is 17.3. The first-order chi connectivity index (χ1) is 12.9. The third-order valence-electron chi connectivity index (χ3n) is 4.56. The highest BCUT2D eigenvalue weighted by Crippen LogP contribution is 2.33. The number of nitrogens with one attached hydrogen (secondary N) is 1. The van der Waals surface area contributed by atoms with Gasteiger partial charge in [0.15, 0.2) is 5.82 Å². The van der Waals surface area contributed by atoms with E-state index in [4.69, 9.17) is 0 Å². The molecule has 1 N–H and O–H groups in total. The molecule has 7 heteroatoms. The summed E-state index contributed by atoms with van der Waals surface area (Å²) in [4.78, 5) is 7.70. The molecule has 138 valence electrons. The maximum absolute atomic E-state index is 13.4. The van der Waals surface area contributed by atoms with Crippen LogP contribution in [0.2, 0.25) is 0 Å².